The maximum Gasteiger partial charge on any atom is 0.252 e. The molecule has 0 saturated heterocycles. The Labute approximate surface area is 126 Å². The molecule has 4 nitrogen and oxygen atoms in total. The SMILES string of the molecule is CC(C)(C)NC(=O)CCNC(=O)c1cc(F)ccc1Br. The highest BCUT2D eigenvalue weighted by Crippen LogP contribution is 2.17. The van der Waals surface area contributed by atoms with Gasteiger partial charge in [0.1, 0.15) is 5.82 Å². The van der Waals surface area contributed by atoms with Gasteiger partial charge in [0.2, 0.25) is 5.91 Å². The number of carbonyl (C=O) groups excluding carboxylic acids is 2. The number of rotatable bonds is 4. The number of hydrogen-bond acceptors (Lipinski definition) is 2. The Morgan fingerprint density at radius 3 is 2.55 bits per heavy atom. The summed E-state index contributed by atoms with van der Waals surface area (Å²) in [6.07, 6.45) is 0.177. The predicted octanol–water partition coefficient (Wildman–Crippen LogP) is 2.62. The van der Waals surface area contributed by atoms with Gasteiger partial charge in [-0.05, 0) is 54.9 Å². The van der Waals surface area contributed by atoms with Crippen LogP contribution in [-0.4, -0.2) is 23.9 Å². The van der Waals surface area contributed by atoms with E-state index in [2.05, 4.69) is 26.6 Å². The number of carbonyl (C=O) groups is 2. The lowest BCUT2D eigenvalue weighted by Gasteiger charge is -2.20. The van der Waals surface area contributed by atoms with Gasteiger partial charge in [0.25, 0.3) is 5.91 Å². The van der Waals surface area contributed by atoms with Crippen LogP contribution in [0.25, 0.3) is 0 Å². The summed E-state index contributed by atoms with van der Waals surface area (Å²) in [5.74, 6) is -1.04. The van der Waals surface area contributed by atoms with Crippen LogP contribution in [0.3, 0.4) is 0 Å². The zero-order valence-corrected chi connectivity index (χ0v) is 13.3. The smallest absolute Gasteiger partial charge is 0.252 e. The number of amides is 2. The van der Waals surface area contributed by atoms with Crippen molar-refractivity contribution in [2.75, 3.05) is 6.54 Å². The van der Waals surface area contributed by atoms with Gasteiger partial charge in [0.05, 0.1) is 5.56 Å². The van der Waals surface area contributed by atoms with Crippen LogP contribution >= 0.6 is 15.9 Å². The van der Waals surface area contributed by atoms with E-state index in [0.29, 0.717) is 4.47 Å². The molecule has 0 radical (unpaired) electrons. The first kappa shape index (κ1) is 16.6. The van der Waals surface area contributed by atoms with E-state index in [0.717, 1.165) is 6.07 Å². The maximum atomic E-state index is 13.1. The van der Waals surface area contributed by atoms with E-state index in [1.54, 1.807) is 0 Å². The minimum Gasteiger partial charge on any atom is -0.351 e. The summed E-state index contributed by atoms with van der Waals surface area (Å²) in [5, 5.41) is 5.38. The fourth-order valence-electron chi connectivity index (χ4n) is 1.54. The summed E-state index contributed by atoms with van der Waals surface area (Å²) < 4.78 is 13.6. The van der Waals surface area contributed by atoms with Gasteiger partial charge in [-0.3, -0.25) is 9.59 Å². The van der Waals surface area contributed by atoms with E-state index in [1.807, 2.05) is 20.8 Å². The average molecular weight is 345 g/mol. The summed E-state index contributed by atoms with van der Waals surface area (Å²) >= 11 is 3.18. The molecule has 0 spiro atoms. The summed E-state index contributed by atoms with van der Waals surface area (Å²) in [4.78, 5) is 23.4. The van der Waals surface area contributed by atoms with Gasteiger partial charge in [-0.1, -0.05) is 0 Å². The Bertz CT molecular complexity index is 512. The van der Waals surface area contributed by atoms with Crippen LogP contribution in [0.2, 0.25) is 0 Å². The van der Waals surface area contributed by atoms with Gasteiger partial charge in [-0.15, -0.1) is 0 Å². The largest absolute Gasteiger partial charge is 0.351 e. The molecule has 0 atom stereocenters. The van der Waals surface area contributed by atoms with Crippen LogP contribution in [0.15, 0.2) is 22.7 Å². The molecule has 0 aliphatic carbocycles. The molecule has 0 fully saturated rings. The number of hydrogen-bond donors (Lipinski definition) is 2. The van der Waals surface area contributed by atoms with Crippen molar-refractivity contribution in [3.05, 3.63) is 34.1 Å². The Hall–Kier alpha value is -1.43. The Morgan fingerprint density at radius 2 is 1.95 bits per heavy atom. The molecular formula is C14H18BrFN2O2. The molecule has 0 heterocycles. The highest BCUT2D eigenvalue weighted by atomic mass is 79.9. The third-order valence-corrected chi connectivity index (χ3v) is 3.02. The summed E-state index contributed by atoms with van der Waals surface area (Å²) in [6.45, 7) is 5.84. The highest BCUT2D eigenvalue weighted by molar-refractivity contribution is 9.10. The lowest BCUT2D eigenvalue weighted by Crippen LogP contribution is -2.42. The fraction of sp³-hybridized carbons (Fsp3) is 0.429. The van der Waals surface area contributed by atoms with Gasteiger partial charge < -0.3 is 10.6 Å². The maximum absolute atomic E-state index is 13.1. The summed E-state index contributed by atoms with van der Waals surface area (Å²) in [7, 11) is 0. The van der Waals surface area contributed by atoms with Gasteiger partial charge >= 0.3 is 0 Å². The number of nitrogens with one attached hydrogen (secondary N) is 2. The molecule has 0 aliphatic rings. The van der Waals surface area contributed by atoms with E-state index < -0.39 is 11.7 Å². The lowest BCUT2D eigenvalue weighted by atomic mass is 10.1. The minimum atomic E-state index is -0.483. The minimum absolute atomic E-state index is 0.142. The normalized spacial score (nSPS) is 11.1. The van der Waals surface area contributed by atoms with Crippen LogP contribution in [0, 0.1) is 5.82 Å². The lowest BCUT2D eigenvalue weighted by molar-refractivity contribution is -0.122. The molecule has 0 aromatic heterocycles. The molecule has 1 aromatic rings. The Balaban J connectivity index is 2.48. The van der Waals surface area contributed by atoms with Crippen LogP contribution in [-0.2, 0) is 4.79 Å². The molecule has 0 saturated carbocycles. The third kappa shape index (κ3) is 5.69. The van der Waals surface area contributed by atoms with Crippen LogP contribution in [0.4, 0.5) is 4.39 Å². The molecule has 0 unspecified atom stereocenters. The average Bonchev–Trinajstić information content (AvgIpc) is 2.29. The van der Waals surface area contributed by atoms with Gasteiger partial charge in [0, 0.05) is 23.0 Å². The molecule has 2 N–H and O–H groups in total. The first-order valence-corrected chi connectivity index (χ1v) is 7.02. The van der Waals surface area contributed by atoms with Gasteiger partial charge in [0.15, 0.2) is 0 Å². The summed E-state index contributed by atoms with van der Waals surface area (Å²) in [6, 6.07) is 3.88. The summed E-state index contributed by atoms with van der Waals surface area (Å²) in [5.41, 5.74) is -0.0895. The predicted molar refractivity (Wildman–Crippen MR) is 78.9 cm³/mol. The number of benzene rings is 1. The molecule has 6 heteroatoms. The zero-order chi connectivity index (χ0) is 15.3. The quantitative estimate of drug-likeness (QED) is 0.881. The van der Waals surface area contributed by atoms with Crippen LogP contribution in [0.5, 0.6) is 0 Å². The molecule has 110 valence electrons. The number of halogens is 2. The van der Waals surface area contributed by atoms with Crippen molar-refractivity contribution < 1.29 is 14.0 Å². The van der Waals surface area contributed by atoms with E-state index in [1.165, 1.54) is 12.1 Å². The van der Waals surface area contributed by atoms with Gasteiger partial charge in [-0.2, -0.15) is 0 Å². The second-order valence-corrected chi connectivity index (χ2v) is 6.28. The standard InChI is InChI=1S/C14H18BrFN2O2/c1-14(2,3)18-12(19)6-7-17-13(20)10-8-9(16)4-5-11(10)15/h4-5,8H,6-7H2,1-3H3,(H,17,20)(H,18,19). The fourth-order valence-corrected chi connectivity index (χ4v) is 1.96. The first-order valence-electron chi connectivity index (χ1n) is 6.23. The highest BCUT2D eigenvalue weighted by Gasteiger charge is 2.14. The van der Waals surface area contributed by atoms with Crippen molar-refractivity contribution in [2.24, 2.45) is 0 Å². The third-order valence-electron chi connectivity index (χ3n) is 2.33. The molecule has 2 amide bonds. The van der Waals surface area contributed by atoms with Crippen molar-refractivity contribution in [3.63, 3.8) is 0 Å². The van der Waals surface area contributed by atoms with Crippen molar-refractivity contribution in [3.8, 4) is 0 Å². The van der Waals surface area contributed by atoms with Crippen LogP contribution < -0.4 is 10.6 Å². The first-order chi connectivity index (χ1) is 9.19. The molecule has 0 aliphatic heterocycles. The Kier molecular flexibility index (Phi) is 5.68. The van der Waals surface area contributed by atoms with Crippen molar-refractivity contribution in [1.29, 1.82) is 0 Å². The van der Waals surface area contributed by atoms with E-state index in [9.17, 15) is 14.0 Å². The Morgan fingerprint density at radius 1 is 1.30 bits per heavy atom. The molecule has 0 bridgehead atoms. The van der Waals surface area contributed by atoms with Crippen molar-refractivity contribution in [1.82, 2.24) is 10.6 Å². The van der Waals surface area contributed by atoms with E-state index in [4.69, 9.17) is 0 Å². The van der Waals surface area contributed by atoms with Crippen molar-refractivity contribution >= 4 is 27.7 Å². The van der Waals surface area contributed by atoms with E-state index in [-0.39, 0.29) is 30.0 Å². The van der Waals surface area contributed by atoms with E-state index >= 15 is 0 Å². The molecule has 1 aromatic carbocycles. The second-order valence-electron chi connectivity index (χ2n) is 5.43. The molecular weight excluding hydrogens is 327 g/mol. The molecule has 20 heavy (non-hydrogen) atoms. The van der Waals surface area contributed by atoms with Gasteiger partial charge in [-0.25, -0.2) is 4.39 Å². The second kappa shape index (κ2) is 6.83. The van der Waals surface area contributed by atoms with Crippen LogP contribution in [0.1, 0.15) is 37.6 Å². The monoisotopic (exact) mass is 344 g/mol. The van der Waals surface area contributed by atoms with Crippen molar-refractivity contribution in [2.45, 2.75) is 32.7 Å². The zero-order valence-electron chi connectivity index (χ0n) is 11.7. The topological polar surface area (TPSA) is 58.2 Å². The molecule has 1 rings (SSSR count).